The van der Waals surface area contributed by atoms with Gasteiger partial charge in [0.2, 0.25) is 0 Å². The third-order valence-corrected chi connectivity index (χ3v) is 3.63. The van der Waals surface area contributed by atoms with Gasteiger partial charge in [0.15, 0.2) is 4.60 Å². The molecular weight excluding hydrogens is 366 g/mol. The highest BCUT2D eigenvalue weighted by Gasteiger charge is 2.22. The fourth-order valence-corrected chi connectivity index (χ4v) is 2.57. The van der Waals surface area contributed by atoms with Crippen molar-refractivity contribution >= 4 is 31.9 Å². The number of aliphatic hydroxyl groups excluding tert-OH is 1. The van der Waals surface area contributed by atoms with Crippen LogP contribution >= 0.6 is 31.9 Å². The van der Waals surface area contributed by atoms with Crippen LogP contribution in [0.3, 0.4) is 0 Å². The molecular formula is C11H11Br2N3O2. The second kappa shape index (κ2) is 5.38. The van der Waals surface area contributed by atoms with E-state index >= 15 is 0 Å². The molecule has 96 valence electrons. The van der Waals surface area contributed by atoms with E-state index in [0.29, 0.717) is 21.6 Å². The summed E-state index contributed by atoms with van der Waals surface area (Å²) in [7, 11) is 3.29. The number of hydrogen-bond donors (Lipinski definition) is 1. The molecule has 1 N–H and O–H groups in total. The van der Waals surface area contributed by atoms with Crippen molar-refractivity contribution in [3.8, 4) is 5.75 Å². The van der Waals surface area contributed by atoms with Crippen molar-refractivity contribution in [3.05, 3.63) is 38.5 Å². The highest BCUT2D eigenvalue weighted by Crippen LogP contribution is 2.34. The Hall–Kier alpha value is -0.920. The third kappa shape index (κ3) is 2.43. The van der Waals surface area contributed by atoms with Gasteiger partial charge in [0.1, 0.15) is 17.5 Å². The second-order valence-corrected chi connectivity index (χ2v) is 5.34. The van der Waals surface area contributed by atoms with Gasteiger partial charge in [-0.05, 0) is 28.1 Å². The first kappa shape index (κ1) is 13.5. The van der Waals surface area contributed by atoms with Crippen molar-refractivity contribution < 1.29 is 9.84 Å². The predicted molar refractivity (Wildman–Crippen MR) is 73.5 cm³/mol. The van der Waals surface area contributed by atoms with Gasteiger partial charge in [0.05, 0.1) is 7.11 Å². The maximum absolute atomic E-state index is 10.4. The summed E-state index contributed by atoms with van der Waals surface area (Å²) < 4.78 is 8.20. The molecule has 0 aliphatic heterocycles. The highest BCUT2D eigenvalue weighted by molar-refractivity contribution is 9.10. The van der Waals surface area contributed by atoms with E-state index in [4.69, 9.17) is 4.74 Å². The Morgan fingerprint density at radius 3 is 2.67 bits per heavy atom. The SMILES string of the molecule is COc1cc(Br)ccc1C(O)c1c(Br)nnn1C. The Balaban J connectivity index is 2.49. The molecule has 1 atom stereocenters. The van der Waals surface area contributed by atoms with Gasteiger partial charge in [-0.25, -0.2) is 4.68 Å². The molecule has 0 radical (unpaired) electrons. The van der Waals surface area contributed by atoms with Crippen LogP contribution in [0.5, 0.6) is 5.75 Å². The topological polar surface area (TPSA) is 60.2 Å². The first-order valence-electron chi connectivity index (χ1n) is 5.11. The normalized spacial score (nSPS) is 12.5. The quantitative estimate of drug-likeness (QED) is 0.893. The van der Waals surface area contributed by atoms with Crippen LogP contribution in [0.25, 0.3) is 0 Å². The van der Waals surface area contributed by atoms with E-state index in [2.05, 4.69) is 42.2 Å². The molecule has 1 unspecified atom stereocenters. The zero-order chi connectivity index (χ0) is 13.3. The lowest BCUT2D eigenvalue weighted by Gasteiger charge is -2.15. The number of aryl methyl sites for hydroxylation is 1. The van der Waals surface area contributed by atoms with Crippen LogP contribution in [0.2, 0.25) is 0 Å². The number of hydrogen-bond acceptors (Lipinski definition) is 4. The second-order valence-electron chi connectivity index (χ2n) is 3.68. The van der Waals surface area contributed by atoms with Crippen molar-refractivity contribution in [2.45, 2.75) is 6.10 Å². The predicted octanol–water partition coefficient (Wildman–Crippen LogP) is 2.43. The van der Waals surface area contributed by atoms with Crippen molar-refractivity contribution in [3.63, 3.8) is 0 Å². The molecule has 0 amide bonds. The summed E-state index contributed by atoms with van der Waals surface area (Å²) in [6.07, 6.45) is -0.859. The Morgan fingerprint density at radius 1 is 1.39 bits per heavy atom. The summed E-state index contributed by atoms with van der Waals surface area (Å²) in [6.45, 7) is 0. The van der Waals surface area contributed by atoms with Crippen molar-refractivity contribution in [2.75, 3.05) is 7.11 Å². The summed E-state index contributed by atoms with van der Waals surface area (Å²) in [5.74, 6) is 0.602. The van der Waals surface area contributed by atoms with Crippen LogP contribution < -0.4 is 4.74 Å². The van der Waals surface area contributed by atoms with Crippen LogP contribution in [0.15, 0.2) is 27.3 Å². The molecule has 18 heavy (non-hydrogen) atoms. The van der Waals surface area contributed by atoms with E-state index in [-0.39, 0.29) is 0 Å². The minimum absolute atomic E-state index is 0.516. The fourth-order valence-electron chi connectivity index (χ4n) is 1.69. The fraction of sp³-hybridized carbons (Fsp3) is 0.273. The molecule has 0 saturated carbocycles. The summed E-state index contributed by atoms with van der Waals surface area (Å²) in [6, 6.07) is 5.45. The lowest BCUT2D eigenvalue weighted by atomic mass is 10.1. The van der Waals surface area contributed by atoms with Crippen LogP contribution in [0, 0.1) is 0 Å². The van der Waals surface area contributed by atoms with Crippen LogP contribution in [0.1, 0.15) is 17.4 Å². The number of nitrogens with zero attached hydrogens (tertiary/aromatic N) is 3. The first-order valence-corrected chi connectivity index (χ1v) is 6.69. The van der Waals surface area contributed by atoms with Gasteiger partial charge in [-0.1, -0.05) is 27.2 Å². The summed E-state index contributed by atoms with van der Waals surface area (Å²) >= 11 is 6.63. The Labute approximate surface area is 121 Å². The van der Waals surface area contributed by atoms with E-state index in [0.717, 1.165) is 4.47 Å². The van der Waals surface area contributed by atoms with E-state index in [1.165, 1.54) is 4.68 Å². The number of halogens is 2. The van der Waals surface area contributed by atoms with Crippen LogP contribution in [0.4, 0.5) is 0 Å². The molecule has 0 bridgehead atoms. The van der Waals surface area contributed by atoms with Gasteiger partial charge >= 0.3 is 0 Å². The van der Waals surface area contributed by atoms with E-state index < -0.39 is 6.10 Å². The Kier molecular flexibility index (Phi) is 4.04. The zero-order valence-corrected chi connectivity index (χ0v) is 12.9. The number of aromatic nitrogens is 3. The standard InChI is InChI=1S/C11H11Br2N3O2/c1-16-9(11(13)14-15-16)10(17)7-4-3-6(12)5-8(7)18-2/h3-5,10,17H,1-2H3. The zero-order valence-electron chi connectivity index (χ0n) is 9.76. The number of aliphatic hydroxyl groups is 1. The Morgan fingerprint density at radius 2 is 2.11 bits per heavy atom. The maximum Gasteiger partial charge on any atom is 0.154 e. The largest absolute Gasteiger partial charge is 0.496 e. The highest BCUT2D eigenvalue weighted by atomic mass is 79.9. The molecule has 0 fully saturated rings. The average Bonchev–Trinajstić information content (AvgIpc) is 2.68. The first-order chi connectivity index (χ1) is 8.54. The van der Waals surface area contributed by atoms with Gasteiger partial charge < -0.3 is 9.84 Å². The van der Waals surface area contributed by atoms with Gasteiger partial charge in [-0.15, -0.1) is 5.10 Å². The van der Waals surface area contributed by atoms with Crippen molar-refractivity contribution in [1.82, 2.24) is 15.0 Å². The molecule has 0 saturated heterocycles. The van der Waals surface area contributed by atoms with E-state index in [9.17, 15) is 5.11 Å². The lowest BCUT2D eigenvalue weighted by Crippen LogP contribution is -2.08. The molecule has 1 aromatic carbocycles. The number of ether oxygens (including phenoxy) is 1. The third-order valence-electron chi connectivity index (χ3n) is 2.58. The summed E-state index contributed by atoms with van der Waals surface area (Å²) in [4.78, 5) is 0. The molecule has 2 rings (SSSR count). The van der Waals surface area contributed by atoms with Gasteiger partial charge in [-0.2, -0.15) is 0 Å². The summed E-state index contributed by atoms with van der Waals surface area (Å²) in [5.41, 5.74) is 1.24. The average molecular weight is 377 g/mol. The number of rotatable bonds is 3. The molecule has 5 nitrogen and oxygen atoms in total. The van der Waals surface area contributed by atoms with Gasteiger partial charge in [0.25, 0.3) is 0 Å². The number of methoxy groups -OCH3 is 1. The molecule has 0 aliphatic carbocycles. The molecule has 0 aliphatic rings. The molecule has 2 aromatic rings. The maximum atomic E-state index is 10.4. The van der Waals surface area contributed by atoms with Crippen LogP contribution in [-0.2, 0) is 7.05 Å². The molecule has 1 aromatic heterocycles. The van der Waals surface area contributed by atoms with Gasteiger partial charge in [-0.3, -0.25) is 0 Å². The molecule has 1 heterocycles. The number of benzene rings is 1. The Bertz CT molecular complexity index is 552. The minimum atomic E-state index is -0.859. The minimum Gasteiger partial charge on any atom is -0.496 e. The van der Waals surface area contributed by atoms with E-state index in [1.807, 2.05) is 6.07 Å². The monoisotopic (exact) mass is 375 g/mol. The van der Waals surface area contributed by atoms with Crippen molar-refractivity contribution in [2.24, 2.45) is 7.05 Å². The lowest BCUT2D eigenvalue weighted by molar-refractivity contribution is 0.204. The molecule has 7 heteroatoms. The van der Waals surface area contributed by atoms with E-state index in [1.54, 1.807) is 26.3 Å². The van der Waals surface area contributed by atoms with Crippen LogP contribution in [-0.4, -0.2) is 27.2 Å². The smallest absolute Gasteiger partial charge is 0.154 e. The summed E-state index contributed by atoms with van der Waals surface area (Å²) in [5, 5.41) is 18.1. The van der Waals surface area contributed by atoms with Crippen molar-refractivity contribution in [1.29, 1.82) is 0 Å². The van der Waals surface area contributed by atoms with Gasteiger partial charge in [0, 0.05) is 17.1 Å². The molecule has 0 spiro atoms.